The molecule has 0 saturated carbocycles. The Hall–Kier alpha value is -1.75. The highest BCUT2D eigenvalue weighted by Crippen LogP contribution is 2.19. The van der Waals surface area contributed by atoms with Crippen LogP contribution >= 0.6 is 0 Å². The SMILES string of the molecule is COc1ccccc1/C=C(\C)C#N. The molecule has 0 aliphatic rings. The van der Waals surface area contributed by atoms with Crippen LogP contribution in [0.4, 0.5) is 0 Å². The van der Waals surface area contributed by atoms with Crippen molar-refractivity contribution in [3.63, 3.8) is 0 Å². The Morgan fingerprint density at radius 1 is 1.46 bits per heavy atom. The van der Waals surface area contributed by atoms with E-state index in [1.165, 1.54) is 0 Å². The first-order valence-corrected chi connectivity index (χ1v) is 3.99. The molecular weight excluding hydrogens is 162 g/mol. The third-order valence-corrected chi connectivity index (χ3v) is 1.69. The van der Waals surface area contributed by atoms with Crippen molar-refractivity contribution in [3.8, 4) is 11.8 Å². The van der Waals surface area contributed by atoms with Crippen LogP contribution < -0.4 is 4.74 Å². The molecule has 0 saturated heterocycles. The molecule has 0 spiro atoms. The number of nitrogens with zero attached hydrogens (tertiary/aromatic N) is 1. The minimum Gasteiger partial charge on any atom is -0.496 e. The summed E-state index contributed by atoms with van der Waals surface area (Å²) in [5, 5.41) is 8.60. The number of hydrogen-bond acceptors (Lipinski definition) is 2. The second-order valence-electron chi connectivity index (χ2n) is 2.68. The van der Waals surface area contributed by atoms with E-state index in [9.17, 15) is 0 Å². The molecule has 0 aliphatic carbocycles. The van der Waals surface area contributed by atoms with E-state index in [1.54, 1.807) is 20.1 Å². The average molecular weight is 173 g/mol. The summed E-state index contributed by atoms with van der Waals surface area (Å²) < 4.78 is 5.14. The van der Waals surface area contributed by atoms with Gasteiger partial charge in [0.1, 0.15) is 5.75 Å². The molecule has 0 atom stereocenters. The summed E-state index contributed by atoms with van der Waals surface area (Å²) in [6.07, 6.45) is 1.80. The monoisotopic (exact) mass is 173 g/mol. The molecule has 66 valence electrons. The molecule has 1 rings (SSSR count). The van der Waals surface area contributed by atoms with Crippen molar-refractivity contribution in [1.82, 2.24) is 0 Å². The Labute approximate surface area is 78.1 Å². The third kappa shape index (κ3) is 2.34. The van der Waals surface area contributed by atoms with E-state index in [1.807, 2.05) is 24.3 Å². The predicted octanol–water partition coefficient (Wildman–Crippen LogP) is 2.62. The van der Waals surface area contributed by atoms with Gasteiger partial charge in [0.05, 0.1) is 13.2 Å². The number of para-hydroxylation sites is 1. The Balaban J connectivity index is 3.08. The fourth-order valence-electron chi connectivity index (χ4n) is 1.05. The zero-order valence-corrected chi connectivity index (χ0v) is 7.74. The van der Waals surface area contributed by atoms with E-state index in [0.717, 1.165) is 11.3 Å². The van der Waals surface area contributed by atoms with Crippen molar-refractivity contribution >= 4 is 6.08 Å². The summed E-state index contributed by atoms with van der Waals surface area (Å²) in [6, 6.07) is 9.67. The van der Waals surface area contributed by atoms with Gasteiger partial charge in [-0.15, -0.1) is 0 Å². The average Bonchev–Trinajstić information content (AvgIpc) is 2.18. The van der Waals surface area contributed by atoms with Gasteiger partial charge in [-0.25, -0.2) is 0 Å². The van der Waals surface area contributed by atoms with Crippen LogP contribution in [-0.2, 0) is 0 Å². The van der Waals surface area contributed by atoms with Crippen LogP contribution in [0.1, 0.15) is 12.5 Å². The third-order valence-electron chi connectivity index (χ3n) is 1.69. The van der Waals surface area contributed by atoms with Gasteiger partial charge in [0.15, 0.2) is 0 Å². The number of nitriles is 1. The van der Waals surface area contributed by atoms with Crippen LogP contribution in [0, 0.1) is 11.3 Å². The summed E-state index contributed by atoms with van der Waals surface area (Å²) >= 11 is 0. The highest BCUT2D eigenvalue weighted by molar-refractivity contribution is 5.61. The minimum absolute atomic E-state index is 0.671. The standard InChI is InChI=1S/C11H11NO/c1-9(8-12)7-10-5-3-4-6-11(10)13-2/h3-7H,1-2H3/b9-7+. The second-order valence-corrected chi connectivity index (χ2v) is 2.68. The smallest absolute Gasteiger partial charge is 0.126 e. The highest BCUT2D eigenvalue weighted by Gasteiger charge is 1.97. The molecular formula is C11H11NO. The maximum atomic E-state index is 8.60. The summed E-state index contributed by atoms with van der Waals surface area (Å²) in [4.78, 5) is 0. The molecule has 1 aromatic carbocycles. The zero-order valence-electron chi connectivity index (χ0n) is 7.74. The van der Waals surface area contributed by atoms with Gasteiger partial charge >= 0.3 is 0 Å². The van der Waals surface area contributed by atoms with Crippen molar-refractivity contribution in [2.75, 3.05) is 7.11 Å². The molecule has 13 heavy (non-hydrogen) atoms. The van der Waals surface area contributed by atoms with Gasteiger partial charge in [-0.1, -0.05) is 18.2 Å². The van der Waals surface area contributed by atoms with Crippen LogP contribution in [0.3, 0.4) is 0 Å². The van der Waals surface area contributed by atoms with Gasteiger partial charge in [-0.3, -0.25) is 0 Å². The van der Waals surface area contributed by atoms with Gasteiger partial charge in [0, 0.05) is 11.1 Å². The van der Waals surface area contributed by atoms with Crippen LogP contribution in [0.2, 0.25) is 0 Å². The molecule has 0 aliphatic heterocycles. The quantitative estimate of drug-likeness (QED) is 0.644. The fraction of sp³-hybridized carbons (Fsp3) is 0.182. The maximum absolute atomic E-state index is 8.60. The lowest BCUT2D eigenvalue weighted by atomic mass is 10.1. The summed E-state index contributed by atoms with van der Waals surface area (Å²) in [5.41, 5.74) is 1.61. The molecule has 0 amide bonds. The molecule has 0 unspecified atom stereocenters. The predicted molar refractivity (Wildman–Crippen MR) is 52.3 cm³/mol. The van der Waals surface area contributed by atoms with Gasteiger partial charge in [-0.2, -0.15) is 5.26 Å². The van der Waals surface area contributed by atoms with Crippen molar-refractivity contribution in [2.24, 2.45) is 0 Å². The first-order valence-electron chi connectivity index (χ1n) is 3.99. The lowest BCUT2D eigenvalue weighted by Gasteiger charge is -2.03. The summed E-state index contributed by atoms with van der Waals surface area (Å²) in [7, 11) is 1.62. The molecule has 0 radical (unpaired) electrons. The molecule has 0 aromatic heterocycles. The normalized spacial score (nSPS) is 10.7. The van der Waals surface area contributed by atoms with Crippen LogP contribution in [0.25, 0.3) is 6.08 Å². The number of allylic oxidation sites excluding steroid dienone is 1. The first-order chi connectivity index (χ1) is 6.27. The number of rotatable bonds is 2. The number of ether oxygens (including phenoxy) is 1. The fourth-order valence-corrected chi connectivity index (χ4v) is 1.05. The van der Waals surface area contributed by atoms with Crippen molar-refractivity contribution in [2.45, 2.75) is 6.92 Å². The highest BCUT2D eigenvalue weighted by atomic mass is 16.5. The van der Waals surface area contributed by atoms with Crippen molar-refractivity contribution in [1.29, 1.82) is 5.26 Å². The van der Waals surface area contributed by atoms with Gasteiger partial charge < -0.3 is 4.74 Å². The minimum atomic E-state index is 0.671. The Morgan fingerprint density at radius 2 is 2.15 bits per heavy atom. The van der Waals surface area contributed by atoms with E-state index in [4.69, 9.17) is 10.00 Å². The summed E-state index contributed by atoms with van der Waals surface area (Å²) in [6.45, 7) is 1.77. The molecule has 0 fully saturated rings. The van der Waals surface area contributed by atoms with E-state index in [0.29, 0.717) is 5.57 Å². The molecule has 0 bridgehead atoms. The Kier molecular flexibility index (Phi) is 3.10. The van der Waals surface area contributed by atoms with Gasteiger partial charge in [0.2, 0.25) is 0 Å². The topological polar surface area (TPSA) is 33.0 Å². The maximum Gasteiger partial charge on any atom is 0.126 e. The lowest BCUT2D eigenvalue weighted by molar-refractivity contribution is 0.414. The van der Waals surface area contributed by atoms with Crippen LogP contribution in [0.15, 0.2) is 29.8 Å². The van der Waals surface area contributed by atoms with E-state index in [-0.39, 0.29) is 0 Å². The number of benzene rings is 1. The van der Waals surface area contributed by atoms with Crippen molar-refractivity contribution in [3.05, 3.63) is 35.4 Å². The lowest BCUT2D eigenvalue weighted by Crippen LogP contribution is -1.86. The van der Waals surface area contributed by atoms with E-state index < -0.39 is 0 Å². The van der Waals surface area contributed by atoms with E-state index >= 15 is 0 Å². The first kappa shape index (κ1) is 9.34. The molecule has 2 heteroatoms. The zero-order chi connectivity index (χ0) is 9.68. The second kappa shape index (κ2) is 4.32. The van der Waals surface area contributed by atoms with Crippen LogP contribution in [-0.4, -0.2) is 7.11 Å². The Morgan fingerprint density at radius 3 is 2.77 bits per heavy atom. The molecule has 1 aromatic rings. The molecule has 0 N–H and O–H groups in total. The molecule has 0 heterocycles. The largest absolute Gasteiger partial charge is 0.496 e. The van der Waals surface area contributed by atoms with Gasteiger partial charge in [-0.05, 0) is 19.1 Å². The Bertz CT molecular complexity index is 361. The van der Waals surface area contributed by atoms with Crippen LogP contribution in [0.5, 0.6) is 5.75 Å². The molecule has 2 nitrogen and oxygen atoms in total. The van der Waals surface area contributed by atoms with Gasteiger partial charge in [0.25, 0.3) is 0 Å². The van der Waals surface area contributed by atoms with E-state index in [2.05, 4.69) is 6.07 Å². The number of methoxy groups -OCH3 is 1. The number of hydrogen-bond donors (Lipinski definition) is 0. The summed E-state index contributed by atoms with van der Waals surface area (Å²) in [5.74, 6) is 0.789. The van der Waals surface area contributed by atoms with Crippen molar-refractivity contribution < 1.29 is 4.74 Å².